The zero-order chi connectivity index (χ0) is 12.8. The molecule has 3 heteroatoms. The van der Waals surface area contributed by atoms with Crippen molar-refractivity contribution in [3.63, 3.8) is 0 Å². The van der Waals surface area contributed by atoms with E-state index in [9.17, 15) is 0 Å². The van der Waals surface area contributed by atoms with Crippen molar-refractivity contribution in [2.75, 3.05) is 0 Å². The summed E-state index contributed by atoms with van der Waals surface area (Å²) in [7, 11) is 0. The van der Waals surface area contributed by atoms with Crippen molar-refractivity contribution >= 4 is 11.6 Å². The summed E-state index contributed by atoms with van der Waals surface area (Å²) in [5.74, 6) is 2.47. The largest absolute Gasteiger partial charge is 0.457 e. The molecule has 0 radical (unpaired) electrons. The predicted molar refractivity (Wildman–Crippen MR) is 72.0 cm³/mol. The van der Waals surface area contributed by atoms with Crippen molar-refractivity contribution in [3.05, 3.63) is 54.1 Å². The van der Waals surface area contributed by atoms with Crippen molar-refractivity contribution in [1.82, 2.24) is 0 Å². The van der Waals surface area contributed by atoms with Gasteiger partial charge in [0.2, 0.25) is 0 Å². The van der Waals surface area contributed by atoms with Crippen molar-refractivity contribution in [2.24, 2.45) is 0 Å². The molecular weight excluding hydrogens is 248 g/mol. The molecule has 0 N–H and O–H groups in total. The van der Waals surface area contributed by atoms with Crippen LogP contribution >= 0.6 is 11.6 Å². The fourth-order valence-electron chi connectivity index (χ4n) is 1.45. The number of benzene rings is 2. The van der Waals surface area contributed by atoms with Crippen LogP contribution in [-0.4, -0.2) is 0 Å². The second kappa shape index (κ2) is 6.00. The van der Waals surface area contributed by atoms with Crippen LogP contribution in [0, 0.1) is 12.5 Å². The topological polar surface area (TPSA) is 18.5 Å². The minimum absolute atomic E-state index is 0.492. The quantitative estimate of drug-likeness (QED) is 0.605. The van der Waals surface area contributed by atoms with Crippen LogP contribution in [0.3, 0.4) is 0 Å². The molecule has 18 heavy (non-hydrogen) atoms. The fraction of sp³-hybridized carbons (Fsp3) is 0.0667. The van der Waals surface area contributed by atoms with Gasteiger partial charge in [-0.25, -0.2) is 0 Å². The van der Waals surface area contributed by atoms with Gasteiger partial charge in [0.1, 0.15) is 23.4 Å². The number of terminal acetylenes is 1. The third-order valence-electron chi connectivity index (χ3n) is 2.30. The van der Waals surface area contributed by atoms with Crippen molar-refractivity contribution in [2.45, 2.75) is 5.88 Å². The van der Waals surface area contributed by atoms with Crippen LogP contribution < -0.4 is 9.47 Å². The smallest absolute Gasteiger partial charge is 0.143 e. The van der Waals surface area contributed by atoms with Crippen LogP contribution in [0.4, 0.5) is 0 Å². The van der Waals surface area contributed by atoms with Gasteiger partial charge in [-0.1, -0.05) is 24.6 Å². The molecule has 0 aliphatic heterocycles. The summed E-state index contributed by atoms with van der Waals surface area (Å²) in [6, 6.07) is 14.7. The Balaban J connectivity index is 2.12. The standard InChI is InChI=1S/C15H11ClO2/c1-2-17-14-4-3-5-15(10-14)18-13-8-6-12(11-16)7-9-13/h1,3-10H,11H2. The van der Waals surface area contributed by atoms with E-state index in [0.717, 1.165) is 11.3 Å². The highest BCUT2D eigenvalue weighted by molar-refractivity contribution is 6.17. The van der Waals surface area contributed by atoms with Gasteiger partial charge in [-0.05, 0) is 29.8 Å². The normalized spacial score (nSPS) is 9.56. The van der Waals surface area contributed by atoms with Crippen LogP contribution in [0.5, 0.6) is 17.2 Å². The number of halogens is 1. The Morgan fingerprint density at radius 1 is 1.00 bits per heavy atom. The van der Waals surface area contributed by atoms with Gasteiger partial charge >= 0.3 is 0 Å². The first-order chi connectivity index (χ1) is 8.81. The average molecular weight is 259 g/mol. The number of rotatable bonds is 4. The van der Waals surface area contributed by atoms with E-state index in [1.54, 1.807) is 12.1 Å². The third-order valence-corrected chi connectivity index (χ3v) is 2.60. The molecule has 0 fully saturated rings. The van der Waals surface area contributed by atoms with Gasteiger partial charge in [0, 0.05) is 11.9 Å². The Bertz CT molecular complexity index is 555. The maximum atomic E-state index is 5.72. The lowest BCUT2D eigenvalue weighted by Gasteiger charge is -2.07. The molecule has 0 aliphatic rings. The molecule has 0 aliphatic carbocycles. The summed E-state index contributed by atoms with van der Waals surface area (Å²) in [5, 5.41) is 0. The Labute approximate surface area is 111 Å². The molecule has 0 aromatic heterocycles. The first-order valence-corrected chi connectivity index (χ1v) is 5.90. The van der Waals surface area contributed by atoms with E-state index < -0.39 is 0 Å². The molecule has 2 rings (SSSR count). The van der Waals surface area contributed by atoms with E-state index in [0.29, 0.717) is 17.4 Å². The minimum atomic E-state index is 0.492. The van der Waals surface area contributed by atoms with Gasteiger partial charge in [0.25, 0.3) is 0 Å². The molecule has 0 saturated carbocycles. The summed E-state index contributed by atoms with van der Waals surface area (Å²) in [6.07, 6.45) is 7.19. The number of ether oxygens (including phenoxy) is 2. The molecule has 0 amide bonds. The average Bonchev–Trinajstić information content (AvgIpc) is 2.40. The predicted octanol–water partition coefficient (Wildman–Crippen LogP) is 4.19. The van der Waals surface area contributed by atoms with Crippen LogP contribution in [0.2, 0.25) is 0 Å². The SMILES string of the molecule is C#COc1cccc(Oc2ccc(CCl)cc2)c1. The lowest BCUT2D eigenvalue weighted by atomic mass is 10.2. The lowest BCUT2D eigenvalue weighted by molar-refractivity contribution is 0.472. The van der Waals surface area contributed by atoms with Gasteiger partial charge < -0.3 is 9.47 Å². The Morgan fingerprint density at radius 2 is 1.72 bits per heavy atom. The van der Waals surface area contributed by atoms with Gasteiger partial charge in [-0.3, -0.25) is 0 Å². The van der Waals surface area contributed by atoms with Gasteiger partial charge in [-0.15, -0.1) is 11.6 Å². The maximum absolute atomic E-state index is 5.72. The fourth-order valence-corrected chi connectivity index (χ4v) is 1.63. The van der Waals surface area contributed by atoms with E-state index in [4.69, 9.17) is 27.5 Å². The minimum Gasteiger partial charge on any atom is -0.457 e. The zero-order valence-electron chi connectivity index (χ0n) is 9.60. The van der Waals surface area contributed by atoms with E-state index in [1.165, 1.54) is 0 Å². The third kappa shape index (κ3) is 3.19. The highest BCUT2D eigenvalue weighted by Gasteiger charge is 2.00. The van der Waals surface area contributed by atoms with Crippen LogP contribution in [0.15, 0.2) is 48.5 Å². The monoisotopic (exact) mass is 258 g/mol. The Morgan fingerprint density at radius 3 is 2.39 bits per heavy atom. The van der Waals surface area contributed by atoms with Crippen LogP contribution in [0.25, 0.3) is 0 Å². The molecule has 0 atom stereocenters. The highest BCUT2D eigenvalue weighted by Crippen LogP contribution is 2.25. The first-order valence-electron chi connectivity index (χ1n) is 5.37. The second-order valence-corrected chi connectivity index (χ2v) is 3.84. The second-order valence-electron chi connectivity index (χ2n) is 3.57. The van der Waals surface area contributed by atoms with E-state index in [2.05, 4.69) is 6.11 Å². The summed E-state index contributed by atoms with van der Waals surface area (Å²) in [6.45, 7) is 0. The van der Waals surface area contributed by atoms with Crippen LogP contribution in [0.1, 0.15) is 5.56 Å². The molecule has 2 aromatic carbocycles. The van der Waals surface area contributed by atoms with E-state index in [-0.39, 0.29) is 0 Å². The van der Waals surface area contributed by atoms with Gasteiger partial charge in [-0.2, -0.15) is 0 Å². The molecule has 0 saturated heterocycles. The molecule has 2 nitrogen and oxygen atoms in total. The van der Waals surface area contributed by atoms with Crippen molar-refractivity contribution in [3.8, 4) is 29.8 Å². The highest BCUT2D eigenvalue weighted by atomic mass is 35.5. The zero-order valence-corrected chi connectivity index (χ0v) is 10.4. The Hall–Kier alpha value is -2.11. The molecule has 0 bridgehead atoms. The number of hydrogen-bond acceptors (Lipinski definition) is 2. The Kier molecular flexibility index (Phi) is 4.11. The maximum Gasteiger partial charge on any atom is 0.143 e. The first kappa shape index (κ1) is 12.3. The molecule has 0 unspecified atom stereocenters. The summed E-state index contributed by atoms with van der Waals surface area (Å²) < 4.78 is 10.6. The van der Waals surface area contributed by atoms with Gasteiger partial charge in [0.15, 0.2) is 0 Å². The molecule has 90 valence electrons. The number of alkyl halides is 1. The summed E-state index contributed by atoms with van der Waals surface area (Å²) >= 11 is 5.72. The molecule has 0 spiro atoms. The number of hydrogen-bond donors (Lipinski definition) is 0. The van der Waals surface area contributed by atoms with Crippen molar-refractivity contribution in [1.29, 1.82) is 0 Å². The summed E-state index contributed by atoms with van der Waals surface area (Å²) in [4.78, 5) is 0. The summed E-state index contributed by atoms with van der Waals surface area (Å²) in [5.41, 5.74) is 1.05. The molecule has 2 aromatic rings. The van der Waals surface area contributed by atoms with E-state index >= 15 is 0 Å². The van der Waals surface area contributed by atoms with Crippen LogP contribution in [-0.2, 0) is 5.88 Å². The molecule has 0 heterocycles. The van der Waals surface area contributed by atoms with Crippen molar-refractivity contribution < 1.29 is 9.47 Å². The van der Waals surface area contributed by atoms with Gasteiger partial charge in [0.05, 0.1) is 0 Å². The molecular formula is C15H11ClO2. The van der Waals surface area contributed by atoms with E-state index in [1.807, 2.05) is 36.4 Å². The lowest BCUT2D eigenvalue weighted by Crippen LogP contribution is -1.87.